The number of anilines is 3. The molecule has 0 fully saturated rings. The molecule has 0 aliphatic rings. The maximum Gasteiger partial charge on any atom is 0.123 e. The Morgan fingerprint density at radius 2 is 1.96 bits per heavy atom. The molecule has 0 aromatic heterocycles. The molecule has 6 heteroatoms. The van der Waals surface area contributed by atoms with Crippen LogP contribution < -0.4 is 16.0 Å². The maximum absolute atomic E-state index is 12.9. The summed E-state index contributed by atoms with van der Waals surface area (Å²) in [5.74, 6) is -0.247. The smallest absolute Gasteiger partial charge is 0.123 e. The molecule has 2 aromatic carbocycles. The van der Waals surface area contributed by atoms with E-state index in [1.54, 1.807) is 12.1 Å². The molecule has 0 radical (unpaired) electrons. The molecule has 0 bridgehead atoms. The summed E-state index contributed by atoms with van der Waals surface area (Å²) in [6.45, 7) is 1.39. The first-order valence-electron chi connectivity index (χ1n) is 7.24. The molecule has 0 aliphatic carbocycles. The average molecular weight is 313 g/mol. The molecule has 2 rings (SSSR count). The largest absolute Gasteiger partial charge is 0.390 e. The molecule has 0 unspecified atom stereocenters. The van der Waals surface area contributed by atoms with Crippen LogP contribution >= 0.6 is 0 Å². The molecular weight excluding hydrogens is 293 g/mol. The summed E-state index contributed by atoms with van der Waals surface area (Å²) in [4.78, 5) is 9.94. The van der Waals surface area contributed by atoms with E-state index in [9.17, 15) is 4.39 Å². The van der Waals surface area contributed by atoms with E-state index < -0.39 is 0 Å². The Labute approximate surface area is 135 Å². The van der Waals surface area contributed by atoms with Crippen molar-refractivity contribution in [3.63, 3.8) is 0 Å². The van der Waals surface area contributed by atoms with Crippen molar-refractivity contribution in [3.05, 3.63) is 54.3 Å². The minimum absolute atomic E-state index is 0.247. The third-order valence-electron chi connectivity index (χ3n) is 3.22. The molecule has 0 atom stereocenters. The number of rotatable bonds is 7. The summed E-state index contributed by atoms with van der Waals surface area (Å²) in [6, 6.07) is 14.3. The zero-order valence-electron chi connectivity index (χ0n) is 13.0. The van der Waals surface area contributed by atoms with Gasteiger partial charge < -0.3 is 16.0 Å². The van der Waals surface area contributed by atoms with Crippen molar-refractivity contribution in [1.82, 2.24) is 0 Å². The van der Waals surface area contributed by atoms with E-state index in [-0.39, 0.29) is 5.82 Å². The average Bonchev–Trinajstić information content (AvgIpc) is 2.57. The summed E-state index contributed by atoms with van der Waals surface area (Å²) in [5, 5.41) is 3.25. The van der Waals surface area contributed by atoms with E-state index in [2.05, 4.69) is 20.2 Å². The lowest BCUT2D eigenvalue weighted by Gasteiger charge is -2.19. The lowest BCUT2D eigenvalue weighted by atomic mass is 10.2. The second-order valence-corrected chi connectivity index (χ2v) is 4.92. The summed E-state index contributed by atoms with van der Waals surface area (Å²) >= 11 is 0. The third-order valence-corrected chi connectivity index (χ3v) is 3.22. The molecule has 0 saturated heterocycles. The molecule has 0 saturated carbocycles. The number of benzene rings is 2. The summed E-state index contributed by atoms with van der Waals surface area (Å²) in [7, 11) is 2.00. The molecule has 5 nitrogen and oxygen atoms in total. The monoisotopic (exact) mass is 313 g/mol. The molecule has 0 heterocycles. The van der Waals surface area contributed by atoms with Gasteiger partial charge in [0.05, 0.1) is 12.9 Å². The van der Waals surface area contributed by atoms with Crippen molar-refractivity contribution in [2.24, 2.45) is 15.7 Å². The predicted molar refractivity (Wildman–Crippen MR) is 95.4 cm³/mol. The third kappa shape index (κ3) is 5.43. The fourth-order valence-electron chi connectivity index (χ4n) is 2.00. The van der Waals surface area contributed by atoms with Crippen LogP contribution in [0.25, 0.3) is 0 Å². The van der Waals surface area contributed by atoms with Crippen molar-refractivity contribution in [2.75, 3.05) is 30.4 Å². The lowest BCUT2D eigenvalue weighted by molar-refractivity contribution is 0.628. The highest BCUT2D eigenvalue weighted by molar-refractivity contribution is 5.69. The van der Waals surface area contributed by atoms with E-state index in [0.29, 0.717) is 6.54 Å². The maximum atomic E-state index is 12.9. The minimum atomic E-state index is -0.247. The normalized spacial score (nSPS) is 11.2. The van der Waals surface area contributed by atoms with Crippen molar-refractivity contribution < 1.29 is 4.39 Å². The van der Waals surface area contributed by atoms with Crippen LogP contribution in [-0.2, 0) is 0 Å². The number of nitrogens with zero attached hydrogens (tertiary/aromatic N) is 3. The van der Waals surface area contributed by atoms with Gasteiger partial charge in [-0.2, -0.15) is 0 Å². The number of hydrogen-bond acceptors (Lipinski definition) is 3. The number of hydrogen-bond donors (Lipinski definition) is 2. The highest BCUT2D eigenvalue weighted by Gasteiger charge is 2.02. The predicted octanol–water partition coefficient (Wildman–Crippen LogP) is 3.02. The molecule has 3 N–H and O–H groups in total. The van der Waals surface area contributed by atoms with Crippen molar-refractivity contribution in [3.8, 4) is 0 Å². The first-order chi connectivity index (χ1) is 11.2. The van der Waals surface area contributed by atoms with Gasteiger partial charge in [-0.3, -0.25) is 4.99 Å². The number of nitrogens with two attached hydrogens (primary N) is 1. The Morgan fingerprint density at radius 3 is 2.70 bits per heavy atom. The Bertz CT molecular complexity index is 667. The SMILES string of the molecule is CN(CCN=CN=CN)c1cccc(Nc2ccc(F)cc2)c1. The second kappa shape index (κ2) is 8.53. The van der Waals surface area contributed by atoms with Crippen LogP contribution in [0.3, 0.4) is 0 Å². The van der Waals surface area contributed by atoms with Gasteiger partial charge in [-0.15, -0.1) is 0 Å². The van der Waals surface area contributed by atoms with E-state index in [1.807, 2.05) is 31.3 Å². The molecular formula is C17H20FN5. The van der Waals surface area contributed by atoms with Crippen molar-refractivity contribution >= 4 is 29.7 Å². The highest BCUT2D eigenvalue weighted by atomic mass is 19.1. The van der Waals surface area contributed by atoms with Gasteiger partial charge >= 0.3 is 0 Å². The zero-order valence-corrected chi connectivity index (χ0v) is 13.0. The Kier molecular flexibility index (Phi) is 6.11. The van der Waals surface area contributed by atoms with Gasteiger partial charge in [-0.05, 0) is 42.5 Å². The van der Waals surface area contributed by atoms with E-state index in [0.717, 1.165) is 23.6 Å². The van der Waals surface area contributed by atoms with Crippen molar-refractivity contribution in [2.45, 2.75) is 0 Å². The minimum Gasteiger partial charge on any atom is -0.390 e. The van der Waals surface area contributed by atoms with Crippen LogP contribution in [0.5, 0.6) is 0 Å². The summed E-state index contributed by atoms with van der Waals surface area (Å²) in [5.41, 5.74) is 7.98. The van der Waals surface area contributed by atoms with Crippen LogP contribution in [0.15, 0.2) is 58.5 Å². The van der Waals surface area contributed by atoms with Crippen molar-refractivity contribution in [1.29, 1.82) is 0 Å². The fraction of sp³-hybridized carbons (Fsp3) is 0.176. The number of halogens is 1. The topological polar surface area (TPSA) is 66.0 Å². The molecule has 0 spiro atoms. The number of nitrogens with one attached hydrogen (secondary N) is 1. The van der Waals surface area contributed by atoms with E-state index in [4.69, 9.17) is 5.73 Å². The van der Waals surface area contributed by atoms with Gasteiger partial charge in [0.15, 0.2) is 0 Å². The first-order valence-corrected chi connectivity index (χ1v) is 7.24. The summed E-state index contributed by atoms with van der Waals surface area (Å²) < 4.78 is 12.9. The van der Waals surface area contributed by atoms with Gasteiger partial charge in [0, 0.05) is 30.7 Å². The highest BCUT2D eigenvalue weighted by Crippen LogP contribution is 2.22. The van der Waals surface area contributed by atoms with Crippen LogP contribution in [0.1, 0.15) is 0 Å². The summed E-state index contributed by atoms with van der Waals surface area (Å²) in [6.07, 6.45) is 2.65. The van der Waals surface area contributed by atoms with E-state index in [1.165, 1.54) is 24.8 Å². The van der Waals surface area contributed by atoms with Crippen LogP contribution in [0, 0.1) is 5.82 Å². The standard InChI is InChI=1S/C17H20FN5/c1-23(10-9-20-13-21-12-19)17-4-2-3-16(11-17)22-15-7-5-14(18)6-8-15/h2-8,11-13,22H,9-10H2,1H3,(H2,19,20,21). The van der Waals surface area contributed by atoms with Gasteiger partial charge in [0.1, 0.15) is 12.2 Å². The molecule has 120 valence electrons. The Balaban J connectivity index is 1.97. The zero-order chi connectivity index (χ0) is 16.5. The quantitative estimate of drug-likeness (QED) is 0.610. The van der Waals surface area contributed by atoms with Gasteiger partial charge in [0.25, 0.3) is 0 Å². The van der Waals surface area contributed by atoms with Crippen LogP contribution in [0.2, 0.25) is 0 Å². The lowest BCUT2D eigenvalue weighted by Crippen LogP contribution is -2.20. The number of aliphatic imine (C=N–C) groups is 2. The Hall–Kier alpha value is -2.89. The molecule has 0 aliphatic heterocycles. The number of likely N-dealkylation sites (N-methyl/N-ethyl adjacent to an activating group) is 1. The first kappa shape index (κ1) is 16.5. The van der Waals surface area contributed by atoms with Gasteiger partial charge in [-0.25, -0.2) is 9.38 Å². The molecule has 0 amide bonds. The van der Waals surface area contributed by atoms with Gasteiger partial charge in [0.2, 0.25) is 0 Å². The van der Waals surface area contributed by atoms with Gasteiger partial charge in [-0.1, -0.05) is 6.07 Å². The van der Waals surface area contributed by atoms with E-state index >= 15 is 0 Å². The van der Waals surface area contributed by atoms with Crippen LogP contribution in [0.4, 0.5) is 21.5 Å². The fourth-order valence-corrected chi connectivity index (χ4v) is 2.00. The second-order valence-electron chi connectivity index (χ2n) is 4.92. The molecule has 23 heavy (non-hydrogen) atoms. The van der Waals surface area contributed by atoms with Crippen LogP contribution in [-0.4, -0.2) is 32.8 Å². The Morgan fingerprint density at radius 1 is 1.17 bits per heavy atom. The molecule has 2 aromatic rings.